The molecule has 0 aromatic carbocycles. The number of thioether (sulfide) groups is 1. The third kappa shape index (κ3) is 1.84. The Hall–Kier alpha value is -0.290. The van der Waals surface area contributed by atoms with Crippen molar-refractivity contribution in [2.45, 2.75) is 11.9 Å². The number of nitrogens with zero attached hydrogens (tertiary/aromatic N) is 2. The topological polar surface area (TPSA) is 46.0 Å². The van der Waals surface area contributed by atoms with Crippen LogP contribution < -0.4 is 0 Å². The van der Waals surface area contributed by atoms with Crippen LogP contribution in [0.5, 0.6) is 6.01 Å². The van der Waals surface area contributed by atoms with Gasteiger partial charge >= 0.3 is 6.01 Å². The van der Waals surface area contributed by atoms with Crippen LogP contribution in [-0.4, -0.2) is 21.3 Å². The van der Waals surface area contributed by atoms with Crippen LogP contribution >= 0.6 is 27.7 Å². The molecule has 0 unspecified atom stereocenters. The lowest BCUT2D eigenvalue weighted by molar-refractivity contribution is 0.423. The summed E-state index contributed by atoms with van der Waals surface area (Å²) in [4.78, 5) is 7.58. The molecule has 0 saturated heterocycles. The van der Waals surface area contributed by atoms with Gasteiger partial charge in [-0.05, 0) is 29.1 Å². The monoisotopic (exact) mass is 234 g/mol. The molecule has 3 nitrogen and oxygen atoms in total. The Morgan fingerprint density at radius 3 is 2.64 bits per heavy atom. The molecule has 0 amide bonds. The van der Waals surface area contributed by atoms with Gasteiger partial charge in [-0.3, -0.25) is 0 Å². The Morgan fingerprint density at radius 1 is 1.45 bits per heavy atom. The summed E-state index contributed by atoms with van der Waals surface area (Å²) in [5, 5.41) is 9.75. The zero-order valence-corrected chi connectivity index (χ0v) is 8.53. The summed E-state index contributed by atoms with van der Waals surface area (Å²) >= 11 is 4.78. The van der Waals surface area contributed by atoms with Crippen molar-refractivity contribution >= 4 is 27.7 Å². The fraction of sp³-hybridized carbons (Fsp3) is 0.333. The summed E-state index contributed by atoms with van der Waals surface area (Å²) in [6.07, 6.45) is 1.89. The lowest BCUT2D eigenvalue weighted by Crippen LogP contribution is -1.90. The normalized spacial score (nSPS) is 10.1. The molecule has 1 aromatic rings. The predicted molar refractivity (Wildman–Crippen MR) is 47.9 cm³/mol. The van der Waals surface area contributed by atoms with Crippen molar-refractivity contribution in [3.8, 4) is 6.01 Å². The summed E-state index contributed by atoms with van der Waals surface area (Å²) in [6.45, 7) is 1.81. The van der Waals surface area contributed by atoms with E-state index in [0.29, 0.717) is 0 Å². The van der Waals surface area contributed by atoms with Crippen molar-refractivity contribution in [1.29, 1.82) is 0 Å². The van der Waals surface area contributed by atoms with E-state index in [1.165, 1.54) is 11.8 Å². The van der Waals surface area contributed by atoms with E-state index in [9.17, 15) is 0 Å². The van der Waals surface area contributed by atoms with Gasteiger partial charge in [0.25, 0.3) is 0 Å². The number of aromatic nitrogens is 2. The molecular formula is C6H7BrN2OS. The third-order valence-corrected chi connectivity index (χ3v) is 3.06. The van der Waals surface area contributed by atoms with E-state index in [-0.39, 0.29) is 6.01 Å². The summed E-state index contributed by atoms with van der Waals surface area (Å²) in [6, 6.07) is -0.171. The predicted octanol–water partition coefficient (Wildman–Crippen LogP) is 1.98. The molecule has 0 aliphatic carbocycles. The van der Waals surface area contributed by atoms with Gasteiger partial charge in [-0.2, -0.15) is 9.97 Å². The minimum absolute atomic E-state index is 0.171. The molecular weight excluding hydrogens is 228 g/mol. The molecule has 0 aliphatic heterocycles. The molecule has 60 valence electrons. The Bertz CT molecular complexity index is 280. The van der Waals surface area contributed by atoms with Gasteiger partial charge in [0.05, 0.1) is 10.2 Å². The Balaban J connectivity index is 3.24. The maximum absolute atomic E-state index is 8.99. The Labute approximate surface area is 77.4 Å². The minimum Gasteiger partial charge on any atom is -0.479 e. The van der Waals surface area contributed by atoms with E-state index in [1.807, 2.05) is 13.2 Å². The zero-order chi connectivity index (χ0) is 8.43. The van der Waals surface area contributed by atoms with Crippen LogP contribution in [0.25, 0.3) is 0 Å². The first-order chi connectivity index (χ1) is 5.15. The Kier molecular flexibility index (Phi) is 2.72. The molecule has 0 radical (unpaired) electrons. The molecule has 11 heavy (non-hydrogen) atoms. The smallest absolute Gasteiger partial charge is 0.315 e. The maximum atomic E-state index is 8.99. The number of aromatic hydroxyl groups is 1. The van der Waals surface area contributed by atoms with Crippen molar-refractivity contribution in [2.75, 3.05) is 6.26 Å². The van der Waals surface area contributed by atoms with Crippen LogP contribution in [0.3, 0.4) is 0 Å². The molecule has 0 spiro atoms. The molecule has 1 heterocycles. The largest absolute Gasteiger partial charge is 0.479 e. The van der Waals surface area contributed by atoms with Crippen LogP contribution in [0, 0.1) is 6.92 Å². The van der Waals surface area contributed by atoms with Crippen molar-refractivity contribution < 1.29 is 5.11 Å². The SMILES string of the molecule is CSc1nc(O)nc(C)c1Br. The molecule has 1 aromatic heterocycles. The standard InChI is InChI=1S/C6H7BrN2OS/c1-3-4(7)5(11-2)9-6(10)8-3/h1-2H3,(H,8,9,10). The average Bonchev–Trinajstić information content (AvgIpc) is 1.96. The minimum atomic E-state index is -0.171. The highest BCUT2D eigenvalue weighted by Crippen LogP contribution is 2.26. The second kappa shape index (κ2) is 3.40. The summed E-state index contributed by atoms with van der Waals surface area (Å²) in [5.41, 5.74) is 0.752. The van der Waals surface area contributed by atoms with Gasteiger partial charge in [-0.1, -0.05) is 0 Å². The van der Waals surface area contributed by atoms with Gasteiger partial charge in [0.15, 0.2) is 0 Å². The molecule has 0 fully saturated rings. The summed E-state index contributed by atoms with van der Waals surface area (Å²) in [5.74, 6) is 0. The van der Waals surface area contributed by atoms with E-state index >= 15 is 0 Å². The number of hydrogen-bond donors (Lipinski definition) is 1. The zero-order valence-electron chi connectivity index (χ0n) is 6.13. The summed E-state index contributed by atoms with van der Waals surface area (Å²) in [7, 11) is 0. The van der Waals surface area contributed by atoms with Crippen LogP contribution in [0.4, 0.5) is 0 Å². The van der Waals surface area contributed by atoms with E-state index in [1.54, 1.807) is 0 Å². The summed E-state index contributed by atoms with van der Waals surface area (Å²) < 4.78 is 0.850. The number of aryl methyl sites for hydroxylation is 1. The first-order valence-electron chi connectivity index (χ1n) is 2.92. The maximum Gasteiger partial charge on any atom is 0.315 e. The fourth-order valence-electron chi connectivity index (χ4n) is 0.654. The van der Waals surface area contributed by atoms with Crippen LogP contribution in [0.1, 0.15) is 5.69 Å². The molecule has 0 atom stereocenters. The second-order valence-electron chi connectivity index (χ2n) is 1.93. The molecule has 1 N–H and O–H groups in total. The highest BCUT2D eigenvalue weighted by Gasteiger charge is 2.06. The lowest BCUT2D eigenvalue weighted by Gasteiger charge is -2.01. The fourth-order valence-corrected chi connectivity index (χ4v) is 1.82. The third-order valence-electron chi connectivity index (χ3n) is 1.17. The van der Waals surface area contributed by atoms with E-state index in [2.05, 4.69) is 25.9 Å². The van der Waals surface area contributed by atoms with Crippen molar-refractivity contribution in [1.82, 2.24) is 9.97 Å². The Morgan fingerprint density at radius 2 is 2.09 bits per heavy atom. The van der Waals surface area contributed by atoms with Gasteiger partial charge in [0.2, 0.25) is 0 Å². The molecule has 5 heteroatoms. The van der Waals surface area contributed by atoms with Gasteiger partial charge in [0, 0.05) is 0 Å². The van der Waals surface area contributed by atoms with E-state index in [4.69, 9.17) is 5.11 Å². The van der Waals surface area contributed by atoms with Gasteiger partial charge in [-0.25, -0.2) is 0 Å². The van der Waals surface area contributed by atoms with Crippen LogP contribution in [0.15, 0.2) is 9.50 Å². The lowest BCUT2D eigenvalue weighted by atomic mass is 10.5. The van der Waals surface area contributed by atoms with Crippen LogP contribution in [0.2, 0.25) is 0 Å². The highest BCUT2D eigenvalue weighted by atomic mass is 79.9. The van der Waals surface area contributed by atoms with Crippen LogP contribution in [-0.2, 0) is 0 Å². The van der Waals surface area contributed by atoms with E-state index in [0.717, 1.165) is 15.2 Å². The van der Waals surface area contributed by atoms with Gasteiger partial charge in [-0.15, -0.1) is 11.8 Å². The highest BCUT2D eigenvalue weighted by molar-refractivity contribution is 9.10. The number of rotatable bonds is 1. The number of hydrogen-bond acceptors (Lipinski definition) is 4. The van der Waals surface area contributed by atoms with E-state index < -0.39 is 0 Å². The molecule has 0 saturated carbocycles. The number of halogens is 1. The second-order valence-corrected chi connectivity index (χ2v) is 3.52. The van der Waals surface area contributed by atoms with Crippen molar-refractivity contribution in [2.24, 2.45) is 0 Å². The van der Waals surface area contributed by atoms with Gasteiger partial charge in [0.1, 0.15) is 5.03 Å². The van der Waals surface area contributed by atoms with Crippen molar-refractivity contribution in [3.05, 3.63) is 10.2 Å². The quantitative estimate of drug-likeness (QED) is 0.597. The first-order valence-corrected chi connectivity index (χ1v) is 4.94. The molecule has 1 rings (SSSR count). The first kappa shape index (κ1) is 8.80. The van der Waals surface area contributed by atoms with Crippen molar-refractivity contribution in [3.63, 3.8) is 0 Å². The molecule has 0 bridgehead atoms. The average molecular weight is 235 g/mol. The molecule has 0 aliphatic rings. The van der Waals surface area contributed by atoms with Gasteiger partial charge < -0.3 is 5.11 Å².